The lowest BCUT2D eigenvalue weighted by Crippen LogP contribution is -2.30. The van der Waals surface area contributed by atoms with Crippen LogP contribution in [0.2, 0.25) is 0 Å². The summed E-state index contributed by atoms with van der Waals surface area (Å²) in [5, 5.41) is 12.0. The smallest absolute Gasteiger partial charge is 0.243 e. The molecule has 1 saturated heterocycles. The Morgan fingerprint density at radius 1 is 1.61 bits per heavy atom. The lowest BCUT2D eigenvalue weighted by atomic mass is 10.1. The molecular formula is C11H14N4O2S. The van der Waals surface area contributed by atoms with E-state index in [9.17, 15) is 8.42 Å². The largest absolute Gasteiger partial charge is 0.316 e. The first-order valence-electron chi connectivity index (χ1n) is 5.69. The molecule has 1 aromatic heterocycles. The molecule has 1 aliphatic heterocycles. The highest BCUT2D eigenvalue weighted by atomic mass is 32.2. The summed E-state index contributed by atoms with van der Waals surface area (Å²) < 4.78 is 26.6. The van der Waals surface area contributed by atoms with Crippen molar-refractivity contribution in [2.24, 2.45) is 5.92 Å². The molecule has 0 amide bonds. The summed E-state index contributed by atoms with van der Waals surface area (Å²) in [4.78, 5) is 3.69. The zero-order chi connectivity index (χ0) is 13.0. The van der Waals surface area contributed by atoms with Crippen molar-refractivity contribution in [3.05, 3.63) is 24.0 Å². The third-order valence-corrected chi connectivity index (χ3v) is 4.35. The molecule has 1 unspecified atom stereocenters. The quantitative estimate of drug-likeness (QED) is 0.789. The van der Waals surface area contributed by atoms with Crippen molar-refractivity contribution in [1.29, 1.82) is 5.26 Å². The topological polar surface area (TPSA) is 94.9 Å². The van der Waals surface area contributed by atoms with Gasteiger partial charge in [-0.2, -0.15) is 5.26 Å². The Labute approximate surface area is 106 Å². The van der Waals surface area contributed by atoms with Crippen molar-refractivity contribution in [2.45, 2.75) is 11.3 Å². The highest BCUT2D eigenvalue weighted by Crippen LogP contribution is 2.13. The van der Waals surface area contributed by atoms with Gasteiger partial charge in [0, 0.05) is 12.7 Å². The van der Waals surface area contributed by atoms with Crippen molar-refractivity contribution in [2.75, 3.05) is 19.6 Å². The first kappa shape index (κ1) is 13.0. The third-order valence-electron chi connectivity index (χ3n) is 2.89. The first-order chi connectivity index (χ1) is 8.63. The molecule has 7 heteroatoms. The van der Waals surface area contributed by atoms with Gasteiger partial charge in [-0.25, -0.2) is 18.1 Å². The van der Waals surface area contributed by atoms with Crippen LogP contribution < -0.4 is 10.0 Å². The molecule has 0 aliphatic carbocycles. The van der Waals surface area contributed by atoms with Crippen LogP contribution in [-0.4, -0.2) is 33.0 Å². The minimum absolute atomic E-state index is 0.0570. The van der Waals surface area contributed by atoms with Crippen LogP contribution in [-0.2, 0) is 10.0 Å². The number of aromatic nitrogens is 1. The number of nitriles is 1. The summed E-state index contributed by atoms with van der Waals surface area (Å²) in [7, 11) is -3.65. The Bertz CT molecular complexity index is 559. The summed E-state index contributed by atoms with van der Waals surface area (Å²) in [5.41, 5.74) is -0.0745. The van der Waals surface area contributed by atoms with E-state index in [0.29, 0.717) is 12.5 Å². The Hall–Kier alpha value is -1.49. The molecule has 1 aromatic rings. The highest BCUT2D eigenvalue weighted by Gasteiger charge is 2.22. The van der Waals surface area contributed by atoms with E-state index < -0.39 is 10.0 Å². The van der Waals surface area contributed by atoms with Gasteiger partial charge in [0.15, 0.2) is 5.69 Å². The van der Waals surface area contributed by atoms with E-state index in [0.717, 1.165) is 19.5 Å². The van der Waals surface area contributed by atoms with E-state index in [2.05, 4.69) is 15.0 Å². The van der Waals surface area contributed by atoms with Crippen molar-refractivity contribution >= 4 is 10.0 Å². The molecule has 0 aromatic carbocycles. The van der Waals surface area contributed by atoms with Crippen LogP contribution in [0.25, 0.3) is 0 Å². The molecule has 2 N–H and O–H groups in total. The molecule has 0 radical (unpaired) electrons. The van der Waals surface area contributed by atoms with Gasteiger partial charge in [0.2, 0.25) is 10.0 Å². The van der Waals surface area contributed by atoms with Gasteiger partial charge >= 0.3 is 0 Å². The maximum Gasteiger partial charge on any atom is 0.243 e. The Balaban J connectivity index is 2.12. The molecule has 2 heterocycles. The molecular weight excluding hydrogens is 252 g/mol. The minimum atomic E-state index is -3.65. The van der Waals surface area contributed by atoms with Crippen LogP contribution in [0.15, 0.2) is 23.2 Å². The monoisotopic (exact) mass is 266 g/mol. The van der Waals surface area contributed by atoms with Crippen LogP contribution in [0.5, 0.6) is 0 Å². The van der Waals surface area contributed by atoms with E-state index in [-0.39, 0.29) is 10.6 Å². The average molecular weight is 266 g/mol. The van der Waals surface area contributed by atoms with Crippen molar-refractivity contribution in [1.82, 2.24) is 15.0 Å². The molecule has 18 heavy (non-hydrogen) atoms. The van der Waals surface area contributed by atoms with Crippen molar-refractivity contribution in [3.8, 4) is 6.07 Å². The molecule has 2 rings (SSSR count). The fraction of sp³-hybridized carbons (Fsp3) is 0.455. The predicted octanol–water partition coefficient (Wildman–Crippen LogP) is -0.159. The van der Waals surface area contributed by atoms with Crippen molar-refractivity contribution in [3.63, 3.8) is 0 Å². The maximum atomic E-state index is 12.0. The maximum absolute atomic E-state index is 12.0. The second kappa shape index (κ2) is 5.44. The number of rotatable bonds is 4. The SMILES string of the molecule is N#Cc1ncccc1S(=O)(=O)NCC1CCNC1. The molecule has 1 atom stereocenters. The lowest BCUT2D eigenvalue weighted by Gasteiger charge is -2.11. The van der Waals surface area contributed by atoms with Gasteiger partial charge in [-0.15, -0.1) is 0 Å². The fourth-order valence-electron chi connectivity index (χ4n) is 1.89. The molecule has 0 bridgehead atoms. The van der Waals surface area contributed by atoms with Gasteiger partial charge in [-0.3, -0.25) is 0 Å². The molecule has 0 spiro atoms. The molecule has 96 valence electrons. The number of nitrogens with one attached hydrogen (secondary N) is 2. The standard InChI is InChI=1S/C11H14N4O2S/c12-6-10-11(2-1-4-14-10)18(16,17)15-8-9-3-5-13-7-9/h1-2,4,9,13,15H,3,5,7-8H2. The van der Waals surface area contributed by atoms with E-state index in [1.807, 2.05) is 0 Å². The van der Waals surface area contributed by atoms with E-state index in [4.69, 9.17) is 5.26 Å². The van der Waals surface area contributed by atoms with Gasteiger partial charge in [0.05, 0.1) is 0 Å². The van der Waals surface area contributed by atoms with Crippen LogP contribution in [0.1, 0.15) is 12.1 Å². The van der Waals surface area contributed by atoms with E-state index in [1.54, 1.807) is 6.07 Å². The van der Waals surface area contributed by atoms with Gasteiger partial charge < -0.3 is 5.32 Å². The fourth-order valence-corrected chi connectivity index (χ4v) is 3.11. The second-order valence-corrected chi connectivity index (χ2v) is 5.91. The first-order valence-corrected chi connectivity index (χ1v) is 7.17. The zero-order valence-corrected chi connectivity index (χ0v) is 10.6. The summed E-state index contributed by atoms with van der Waals surface area (Å²) >= 11 is 0. The minimum Gasteiger partial charge on any atom is -0.316 e. The van der Waals surface area contributed by atoms with Crippen molar-refractivity contribution < 1.29 is 8.42 Å². The van der Waals surface area contributed by atoms with Gasteiger partial charge in [0.1, 0.15) is 11.0 Å². The number of sulfonamides is 1. The summed E-state index contributed by atoms with van der Waals surface area (Å²) in [5.74, 6) is 0.307. The van der Waals surface area contributed by atoms with Crippen LogP contribution in [0.3, 0.4) is 0 Å². The Kier molecular flexibility index (Phi) is 3.91. The molecule has 1 aliphatic rings. The van der Waals surface area contributed by atoms with Crippen LogP contribution in [0.4, 0.5) is 0 Å². The summed E-state index contributed by atoms with van der Waals surface area (Å²) in [6.45, 7) is 2.12. The number of pyridine rings is 1. The number of hydrogen-bond donors (Lipinski definition) is 2. The van der Waals surface area contributed by atoms with Gasteiger partial charge in [-0.1, -0.05) is 0 Å². The molecule has 6 nitrogen and oxygen atoms in total. The second-order valence-electron chi connectivity index (χ2n) is 4.17. The Morgan fingerprint density at radius 2 is 2.44 bits per heavy atom. The molecule has 1 fully saturated rings. The van der Waals surface area contributed by atoms with Crippen LogP contribution in [0, 0.1) is 17.2 Å². The van der Waals surface area contributed by atoms with Crippen LogP contribution >= 0.6 is 0 Å². The number of nitrogens with zero attached hydrogens (tertiary/aromatic N) is 2. The van der Waals surface area contributed by atoms with Gasteiger partial charge in [-0.05, 0) is 37.6 Å². The number of hydrogen-bond acceptors (Lipinski definition) is 5. The van der Waals surface area contributed by atoms with E-state index >= 15 is 0 Å². The molecule has 0 saturated carbocycles. The average Bonchev–Trinajstić information content (AvgIpc) is 2.89. The van der Waals surface area contributed by atoms with E-state index in [1.165, 1.54) is 18.3 Å². The lowest BCUT2D eigenvalue weighted by molar-refractivity contribution is 0.538. The predicted molar refractivity (Wildman–Crippen MR) is 65.1 cm³/mol. The highest BCUT2D eigenvalue weighted by molar-refractivity contribution is 7.89. The zero-order valence-electron chi connectivity index (χ0n) is 9.76. The summed E-state index contributed by atoms with van der Waals surface area (Å²) in [6.07, 6.45) is 2.36. The Morgan fingerprint density at radius 3 is 3.11 bits per heavy atom. The normalized spacial score (nSPS) is 19.6. The summed E-state index contributed by atoms with van der Waals surface area (Å²) in [6, 6.07) is 4.68. The third kappa shape index (κ3) is 2.85. The van der Waals surface area contributed by atoms with Gasteiger partial charge in [0.25, 0.3) is 0 Å².